The van der Waals surface area contributed by atoms with Crippen molar-refractivity contribution < 1.29 is 14.6 Å². The number of hydrogen-bond acceptors (Lipinski definition) is 8. The minimum absolute atomic E-state index is 0.262. The van der Waals surface area contributed by atoms with Crippen LogP contribution >= 0.6 is 0 Å². The van der Waals surface area contributed by atoms with Crippen LogP contribution in [-0.2, 0) is 16.1 Å². The highest BCUT2D eigenvalue weighted by Crippen LogP contribution is 2.38. The first kappa shape index (κ1) is 22.6. The first-order chi connectivity index (χ1) is 18.0. The maximum absolute atomic E-state index is 13.8. The van der Waals surface area contributed by atoms with E-state index in [2.05, 4.69) is 16.0 Å². The van der Waals surface area contributed by atoms with Crippen molar-refractivity contribution in [2.75, 3.05) is 7.11 Å². The number of aliphatic hydroxyl groups excluding tert-OH is 1. The quantitative estimate of drug-likeness (QED) is 0.375. The Kier molecular flexibility index (Phi) is 5.31. The monoisotopic (exact) mass is 495 g/mol. The molecule has 0 radical (unpaired) electrons. The summed E-state index contributed by atoms with van der Waals surface area (Å²) in [7, 11) is 1.26. The van der Waals surface area contributed by atoms with Crippen LogP contribution in [-0.4, -0.2) is 46.8 Å². The van der Waals surface area contributed by atoms with Gasteiger partial charge in [-0.2, -0.15) is 10.2 Å². The van der Waals surface area contributed by atoms with Crippen molar-refractivity contribution in [3.63, 3.8) is 0 Å². The number of aliphatic hydroxyl groups is 1. The van der Waals surface area contributed by atoms with Crippen molar-refractivity contribution in [1.29, 1.82) is 5.26 Å². The van der Waals surface area contributed by atoms with Gasteiger partial charge in [0, 0.05) is 0 Å². The number of carbonyl (C=O) groups is 1. The Hall–Kier alpha value is -4.82. The summed E-state index contributed by atoms with van der Waals surface area (Å²) in [4.78, 5) is 39.5. The zero-order chi connectivity index (χ0) is 25.7. The summed E-state index contributed by atoms with van der Waals surface area (Å²) in [5.41, 5.74) is 3.66. The summed E-state index contributed by atoms with van der Waals surface area (Å²) in [6.45, 7) is -0.294. The first-order valence-electron chi connectivity index (χ1n) is 11.7. The van der Waals surface area contributed by atoms with E-state index in [4.69, 9.17) is 9.72 Å². The van der Waals surface area contributed by atoms with E-state index in [1.54, 1.807) is 33.7 Å². The Balaban J connectivity index is 1.60. The molecule has 0 unspecified atom stereocenters. The highest BCUT2D eigenvalue weighted by atomic mass is 16.5. The maximum Gasteiger partial charge on any atom is 0.331 e. The molecule has 3 heterocycles. The summed E-state index contributed by atoms with van der Waals surface area (Å²) < 4.78 is 9.34. The zero-order valence-corrected chi connectivity index (χ0v) is 19.8. The molecular weight excluding hydrogens is 474 g/mol. The number of benzene rings is 2. The van der Waals surface area contributed by atoms with Crippen molar-refractivity contribution in [2.24, 2.45) is 0 Å². The average molecular weight is 495 g/mol. The fraction of sp³-hybridized carbons (Fsp3) is 0.231. The normalized spacial score (nSPS) is 17.0. The Bertz CT molecular complexity index is 1790. The fourth-order valence-corrected chi connectivity index (χ4v) is 5.04. The van der Waals surface area contributed by atoms with Gasteiger partial charge >= 0.3 is 11.7 Å². The van der Waals surface area contributed by atoms with Gasteiger partial charge in [-0.3, -0.25) is 18.5 Å². The van der Waals surface area contributed by atoms with Crippen LogP contribution in [0.5, 0.6) is 0 Å². The third-order valence-electron chi connectivity index (χ3n) is 6.84. The number of nitrogens with zero attached hydrogens (tertiary/aromatic N) is 7. The van der Waals surface area contributed by atoms with Gasteiger partial charge in [0.15, 0.2) is 5.65 Å². The molecule has 6 rings (SSSR count). The zero-order valence-electron chi connectivity index (χ0n) is 19.8. The lowest BCUT2D eigenvalue weighted by Crippen LogP contribution is -2.32. The van der Waals surface area contributed by atoms with E-state index >= 15 is 0 Å². The molecule has 0 saturated carbocycles. The lowest BCUT2D eigenvalue weighted by Gasteiger charge is -2.29. The largest absolute Gasteiger partial charge is 0.468 e. The fourth-order valence-electron chi connectivity index (χ4n) is 5.04. The second kappa shape index (κ2) is 8.69. The summed E-state index contributed by atoms with van der Waals surface area (Å²) in [6, 6.07) is 14.3. The van der Waals surface area contributed by atoms with Gasteiger partial charge in [0.2, 0.25) is 5.95 Å². The standard InChI is InChI=1S/C26H21N7O4/c1-37-23(35)13-31-21-12-28-25(32-14-29-18-7-6-15(11-27)10-20(18)32)30-24(21)33(26(31)36)19-8-9-22(34)17-5-3-2-4-16(17)19/h2-7,10,12,14,19,22,34H,8-9,13H2,1H3/t19-,22-/m1/s1. The van der Waals surface area contributed by atoms with E-state index in [1.165, 1.54) is 17.9 Å². The van der Waals surface area contributed by atoms with Gasteiger partial charge in [-0.1, -0.05) is 24.3 Å². The van der Waals surface area contributed by atoms with Crippen LogP contribution < -0.4 is 5.69 Å². The van der Waals surface area contributed by atoms with Gasteiger partial charge in [0.25, 0.3) is 0 Å². The van der Waals surface area contributed by atoms with Crippen LogP contribution in [0.4, 0.5) is 0 Å². The molecule has 3 aromatic heterocycles. The number of rotatable bonds is 4. The molecule has 0 amide bonds. The minimum atomic E-state index is -0.622. The van der Waals surface area contributed by atoms with E-state index < -0.39 is 23.8 Å². The van der Waals surface area contributed by atoms with Crippen LogP contribution in [0.25, 0.3) is 28.1 Å². The predicted octanol–water partition coefficient (Wildman–Crippen LogP) is 2.39. The number of methoxy groups -OCH3 is 1. The second-order valence-electron chi connectivity index (χ2n) is 8.86. The van der Waals surface area contributed by atoms with Crippen molar-refractivity contribution in [3.8, 4) is 12.0 Å². The van der Waals surface area contributed by atoms with Gasteiger partial charge < -0.3 is 9.84 Å². The van der Waals surface area contributed by atoms with Crippen molar-refractivity contribution in [2.45, 2.75) is 31.5 Å². The summed E-state index contributed by atoms with van der Waals surface area (Å²) in [5, 5.41) is 19.9. The van der Waals surface area contributed by atoms with Crippen LogP contribution in [0, 0.1) is 11.3 Å². The van der Waals surface area contributed by atoms with Crippen LogP contribution in [0.15, 0.2) is 59.8 Å². The summed E-state index contributed by atoms with van der Waals surface area (Å²) >= 11 is 0. The molecule has 0 bridgehead atoms. The van der Waals surface area contributed by atoms with Crippen LogP contribution in [0.2, 0.25) is 0 Å². The molecule has 2 aromatic carbocycles. The number of esters is 1. The minimum Gasteiger partial charge on any atom is -0.468 e. The topological polar surface area (TPSA) is 141 Å². The molecule has 1 aliphatic carbocycles. The van der Waals surface area contributed by atoms with E-state index in [0.29, 0.717) is 40.6 Å². The number of carbonyl (C=O) groups excluding carboxylic acids is 1. The van der Waals surface area contributed by atoms with E-state index in [0.717, 1.165) is 11.1 Å². The molecule has 37 heavy (non-hydrogen) atoms. The summed E-state index contributed by atoms with van der Waals surface area (Å²) in [6.07, 6.45) is 3.42. The molecule has 11 heteroatoms. The number of nitriles is 1. The van der Waals surface area contributed by atoms with Crippen molar-refractivity contribution >= 4 is 28.2 Å². The molecule has 0 spiro atoms. The van der Waals surface area contributed by atoms with Gasteiger partial charge in [-0.05, 0) is 42.2 Å². The molecule has 11 nitrogen and oxygen atoms in total. The smallest absolute Gasteiger partial charge is 0.331 e. The average Bonchev–Trinajstić information content (AvgIpc) is 3.47. The molecule has 0 saturated heterocycles. The van der Waals surface area contributed by atoms with E-state index in [1.807, 2.05) is 24.3 Å². The van der Waals surface area contributed by atoms with Crippen molar-refractivity contribution in [1.82, 2.24) is 28.7 Å². The Morgan fingerprint density at radius 1 is 1.16 bits per heavy atom. The molecule has 184 valence electrons. The number of hydrogen-bond donors (Lipinski definition) is 1. The Labute approximate surface area is 209 Å². The highest BCUT2D eigenvalue weighted by molar-refractivity contribution is 5.80. The molecule has 5 aromatic rings. The number of ether oxygens (including phenoxy) is 1. The Morgan fingerprint density at radius 2 is 1.97 bits per heavy atom. The van der Waals surface area contributed by atoms with Gasteiger partial charge in [0.1, 0.15) is 18.4 Å². The molecule has 0 aliphatic heterocycles. The van der Waals surface area contributed by atoms with E-state index in [9.17, 15) is 20.0 Å². The third-order valence-corrected chi connectivity index (χ3v) is 6.84. The predicted molar refractivity (Wildman–Crippen MR) is 132 cm³/mol. The van der Waals surface area contributed by atoms with Crippen LogP contribution in [0.1, 0.15) is 41.7 Å². The van der Waals surface area contributed by atoms with Gasteiger partial charge in [-0.25, -0.2) is 14.8 Å². The molecule has 0 fully saturated rings. The van der Waals surface area contributed by atoms with Gasteiger partial charge in [-0.15, -0.1) is 0 Å². The third kappa shape index (κ3) is 3.57. The van der Waals surface area contributed by atoms with Crippen molar-refractivity contribution in [3.05, 3.63) is 82.2 Å². The first-order valence-corrected chi connectivity index (χ1v) is 11.7. The maximum atomic E-state index is 13.8. The molecule has 1 aliphatic rings. The lowest BCUT2D eigenvalue weighted by atomic mass is 9.85. The highest BCUT2D eigenvalue weighted by Gasteiger charge is 2.31. The number of imidazole rings is 2. The van der Waals surface area contributed by atoms with E-state index in [-0.39, 0.29) is 12.5 Å². The lowest BCUT2D eigenvalue weighted by molar-refractivity contribution is -0.141. The van der Waals surface area contributed by atoms with Crippen LogP contribution in [0.3, 0.4) is 0 Å². The number of aromatic nitrogens is 6. The Morgan fingerprint density at radius 3 is 2.76 bits per heavy atom. The summed E-state index contributed by atoms with van der Waals surface area (Å²) in [5.74, 6) is -0.312. The molecular formula is C26H21N7O4. The SMILES string of the molecule is COC(=O)Cn1c(=O)n([C@@H]2CC[C@@H](O)c3ccccc32)c2nc(-n3cnc4ccc(C#N)cc43)ncc21. The van der Waals surface area contributed by atoms with Gasteiger partial charge in [0.05, 0.1) is 48.1 Å². The second-order valence-corrected chi connectivity index (χ2v) is 8.86. The number of fused-ring (bicyclic) bond motifs is 3. The molecule has 1 N–H and O–H groups in total. The molecule has 2 atom stereocenters.